The Balaban J connectivity index is 1.77. The number of aliphatic hydroxyl groups excluding tert-OH is 1. The van der Waals surface area contributed by atoms with Crippen LogP contribution in [0.4, 0.5) is 8.78 Å². The molecule has 1 unspecified atom stereocenters. The van der Waals surface area contributed by atoms with Gasteiger partial charge >= 0.3 is 0 Å². The molecule has 1 saturated heterocycles. The molecule has 9 heteroatoms. The number of hydrogen-bond donors (Lipinski definition) is 2. The van der Waals surface area contributed by atoms with E-state index in [9.17, 15) is 18.7 Å². The third-order valence-corrected chi connectivity index (χ3v) is 5.08. The van der Waals surface area contributed by atoms with Gasteiger partial charge in [-0.05, 0) is 25.0 Å². The van der Waals surface area contributed by atoms with Crippen molar-refractivity contribution in [3.05, 3.63) is 28.9 Å². The van der Waals surface area contributed by atoms with Crippen molar-refractivity contribution in [1.29, 1.82) is 0 Å². The van der Waals surface area contributed by atoms with E-state index < -0.39 is 17.9 Å². The molecule has 1 aliphatic rings. The van der Waals surface area contributed by atoms with Crippen molar-refractivity contribution < 1.29 is 23.4 Å². The van der Waals surface area contributed by atoms with Crippen molar-refractivity contribution in [3.63, 3.8) is 0 Å². The molecule has 2 aromatic rings. The highest BCUT2D eigenvalue weighted by Gasteiger charge is 2.48. The molecule has 2 heterocycles. The van der Waals surface area contributed by atoms with Gasteiger partial charge in [-0.1, -0.05) is 11.6 Å². The summed E-state index contributed by atoms with van der Waals surface area (Å²) < 4.78 is 34.7. The third-order valence-electron chi connectivity index (χ3n) is 4.86. The lowest BCUT2D eigenvalue weighted by molar-refractivity contribution is -0.164. The Morgan fingerprint density at radius 1 is 1.50 bits per heavy atom. The number of likely N-dealkylation sites (tertiary alicyclic amines) is 1. The van der Waals surface area contributed by atoms with Gasteiger partial charge in [0.2, 0.25) is 5.91 Å². The second kappa shape index (κ2) is 7.46. The highest BCUT2D eigenvalue weighted by atomic mass is 35.5. The van der Waals surface area contributed by atoms with Gasteiger partial charge in [0.15, 0.2) is 0 Å². The topological polar surface area (TPSA) is 78.4 Å². The number of H-pyrrole nitrogens is 1. The van der Waals surface area contributed by atoms with Gasteiger partial charge in [0.05, 0.1) is 11.7 Å². The number of methoxy groups -OCH3 is 1. The minimum Gasteiger partial charge on any atom is -0.382 e. The number of piperidine rings is 1. The average Bonchev–Trinajstić information content (AvgIpc) is 3.09. The predicted octanol–water partition coefficient (Wildman–Crippen LogP) is 2.77. The molecule has 26 heavy (non-hydrogen) atoms. The molecule has 1 aromatic heterocycles. The smallest absolute Gasteiger partial charge is 0.280 e. The van der Waals surface area contributed by atoms with Crippen molar-refractivity contribution in [1.82, 2.24) is 15.1 Å². The second-order valence-electron chi connectivity index (χ2n) is 6.49. The SMILES string of the molecule is COCC(=O)N1CCC(C(F)(F)C(O)c2cc(Cl)cc3cn[nH]c23)CC1. The number of aromatic nitrogens is 2. The summed E-state index contributed by atoms with van der Waals surface area (Å²) in [6.07, 6.45) is -0.344. The molecule has 6 nitrogen and oxygen atoms in total. The van der Waals surface area contributed by atoms with E-state index in [0.29, 0.717) is 10.9 Å². The summed E-state index contributed by atoms with van der Waals surface area (Å²) in [6.45, 7) is 0.359. The average molecular weight is 388 g/mol. The highest BCUT2D eigenvalue weighted by molar-refractivity contribution is 6.31. The zero-order valence-electron chi connectivity index (χ0n) is 14.2. The lowest BCUT2D eigenvalue weighted by Gasteiger charge is -2.37. The van der Waals surface area contributed by atoms with E-state index in [0.717, 1.165) is 0 Å². The fraction of sp³-hybridized carbons (Fsp3) is 0.529. The van der Waals surface area contributed by atoms with Crippen LogP contribution in [0.25, 0.3) is 10.9 Å². The number of amides is 1. The Bertz CT molecular complexity index is 791. The lowest BCUT2D eigenvalue weighted by Crippen LogP contribution is -2.46. The minimum atomic E-state index is -3.36. The summed E-state index contributed by atoms with van der Waals surface area (Å²) in [5, 5.41) is 17.7. The lowest BCUT2D eigenvalue weighted by atomic mass is 9.85. The Kier molecular flexibility index (Phi) is 5.45. The first kappa shape index (κ1) is 19.0. The molecule has 0 radical (unpaired) electrons. The first-order valence-electron chi connectivity index (χ1n) is 8.29. The van der Waals surface area contributed by atoms with Crippen molar-refractivity contribution in [2.24, 2.45) is 5.92 Å². The largest absolute Gasteiger partial charge is 0.382 e. The van der Waals surface area contributed by atoms with Gasteiger partial charge in [0.1, 0.15) is 12.7 Å². The van der Waals surface area contributed by atoms with Crippen LogP contribution in [0.2, 0.25) is 5.02 Å². The fourth-order valence-electron chi connectivity index (χ4n) is 3.42. The molecule has 1 aromatic carbocycles. The number of nitrogens with one attached hydrogen (secondary N) is 1. The minimum absolute atomic E-state index is 0.0212. The van der Waals surface area contributed by atoms with Crippen LogP contribution in [-0.4, -0.2) is 58.8 Å². The molecule has 0 spiro atoms. The number of carbonyl (C=O) groups excluding carboxylic acids is 1. The predicted molar refractivity (Wildman–Crippen MR) is 92.2 cm³/mol. The number of halogens is 3. The molecule has 1 atom stereocenters. The molecule has 142 valence electrons. The number of benzene rings is 1. The van der Waals surface area contributed by atoms with Crippen LogP contribution in [0.1, 0.15) is 24.5 Å². The maximum absolute atomic E-state index is 15.0. The first-order chi connectivity index (χ1) is 12.3. The van der Waals surface area contributed by atoms with Crippen molar-refractivity contribution in [2.75, 3.05) is 26.8 Å². The number of alkyl halides is 2. The van der Waals surface area contributed by atoms with Gasteiger partial charge in [-0.2, -0.15) is 5.10 Å². The van der Waals surface area contributed by atoms with E-state index in [-0.39, 0.29) is 49.0 Å². The monoisotopic (exact) mass is 387 g/mol. The van der Waals surface area contributed by atoms with Crippen molar-refractivity contribution in [2.45, 2.75) is 24.9 Å². The molecule has 1 amide bonds. The van der Waals surface area contributed by atoms with Crippen LogP contribution in [0.15, 0.2) is 18.3 Å². The normalized spacial score (nSPS) is 17.7. The maximum atomic E-state index is 15.0. The number of fused-ring (bicyclic) bond motifs is 1. The van der Waals surface area contributed by atoms with Crippen LogP contribution >= 0.6 is 11.6 Å². The van der Waals surface area contributed by atoms with E-state index >= 15 is 0 Å². The zero-order chi connectivity index (χ0) is 18.9. The van der Waals surface area contributed by atoms with E-state index in [1.54, 1.807) is 6.07 Å². The molecule has 1 fully saturated rings. The standard InChI is InChI=1S/C17H20ClF2N3O3/c1-26-9-14(24)23-4-2-11(3-5-23)17(19,20)16(25)13-7-12(18)6-10-8-21-22-15(10)13/h6-8,11,16,25H,2-5,9H2,1H3,(H,21,22). The van der Waals surface area contributed by atoms with Crippen molar-refractivity contribution in [3.8, 4) is 0 Å². The summed E-state index contributed by atoms with van der Waals surface area (Å²) in [4.78, 5) is 13.3. The quantitative estimate of drug-likeness (QED) is 0.827. The van der Waals surface area contributed by atoms with E-state index in [4.69, 9.17) is 16.3 Å². The van der Waals surface area contributed by atoms with Gasteiger partial charge in [-0.15, -0.1) is 0 Å². The number of hydrogen-bond acceptors (Lipinski definition) is 4. The molecule has 1 aliphatic heterocycles. The third kappa shape index (κ3) is 3.54. The number of nitrogens with zero attached hydrogens (tertiary/aromatic N) is 2. The molecule has 0 bridgehead atoms. The second-order valence-corrected chi connectivity index (χ2v) is 6.93. The Morgan fingerprint density at radius 2 is 2.19 bits per heavy atom. The fourth-order valence-corrected chi connectivity index (χ4v) is 3.66. The molecule has 2 N–H and O–H groups in total. The number of ether oxygens (including phenoxy) is 1. The molecule has 0 saturated carbocycles. The van der Waals surface area contributed by atoms with Crippen LogP contribution in [0.5, 0.6) is 0 Å². The van der Waals surface area contributed by atoms with E-state index in [1.165, 1.54) is 24.3 Å². The van der Waals surface area contributed by atoms with E-state index in [2.05, 4.69) is 10.2 Å². The van der Waals surface area contributed by atoms with Crippen LogP contribution in [-0.2, 0) is 9.53 Å². The number of rotatable bonds is 5. The van der Waals surface area contributed by atoms with Crippen molar-refractivity contribution >= 4 is 28.4 Å². The van der Waals surface area contributed by atoms with Gasteiger partial charge < -0.3 is 14.7 Å². The summed E-state index contributed by atoms with van der Waals surface area (Å²) in [7, 11) is 1.41. The molecular weight excluding hydrogens is 368 g/mol. The first-order valence-corrected chi connectivity index (χ1v) is 8.67. The summed E-state index contributed by atoms with van der Waals surface area (Å²) in [5.41, 5.74) is 0.363. The van der Waals surface area contributed by atoms with Gasteiger partial charge in [-0.25, -0.2) is 8.78 Å². The number of carbonyl (C=O) groups is 1. The summed E-state index contributed by atoms with van der Waals surface area (Å²) >= 11 is 5.99. The van der Waals surface area contributed by atoms with Gasteiger partial charge in [0, 0.05) is 42.1 Å². The molecular formula is C17H20ClF2N3O3. The Hall–Kier alpha value is -1.77. The molecule has 3 rings (SSSR count). The number of aliphatic hydroxyl groups is 1. The van der Waals surface area contributed by atoms with Crippen LogP contribution < -0.4 is 0 Å². The summed E-state index contributed by atoms with van der Waals surface area (Å²) in [5.74, 6) is -4.62. The zero-order valence-corrected chi connectivity index (χ0v) is 15.0. The molecule has 0 aliphatic carbocycles. The van der Waals surface area contributed by atoms with Crippen LogP contribution in [0, 0.1) is 5.92 Å². The Labute approximate surface area is 154 Å². The highest BCUT2D eigenvalue weighted by Crippen LogP contribution is 2.44. The van der Waals surface area contributed by atoms with E-state index in [1.807, 2.05) is 0 Å². The summed E-state index contributed by atoms with van der Waals surface area (Å²) in [6, 6.07) is 2.92. The Morgan fingerprint density at radius 3 is 2.85 bits per heavy atom. The van der Waals surface area contributed by atoms with Crippen LogP contribution in [0.3, 0.4) is 0 Å². The number of aromatic amines is 1. The van der Waals surface area contributed by atoms with Gasteiger partial charge in [-0.3, -0.25) is 9.89 Å². The van der Waals surface area contributed by atoms with Gasteiger partial charge in [0.25, 0.3) is 5.92 Å². The maximum Gasteiger partial charge on any atom is 0.280 e.